The molecule has 0 aliphatic heterocycles. The molecule has 0 aliphatic carbocycles. The van der Waals surface area contributed by atoms with Gasteiger partial charge < -0.3 is 4.74 Å². The van der Waals surface area contributed by atoms with E-state index < -0.39 is 24.4 Å². The van der Waals surface area contributed by atoms with E-state index in [4.69, 9.17) is 4.74 Å². The van der Waals surface area contributed by atoms with E-state index in [2.05, 4.69) is 26.8 Å². The van der Waals surface area contributed by atoms with Crippen LogP contribution >= 0.6 is 27.3 Å². The van der Waals surface area contributed by atoms with E-state index in [1.165, 1.54) is 11.3 Å². The number of hydrazine groups is 1. The third kappa shape index (κ3) is 4.68. The van der Waals surface area contributed by atoms with Gasteiger partial charge in [0.05, 0.1) is 0 Å². The number of carbonyl (C=O) groups excluding carboxylic acids is 3. The molecule has 0 bridgehead atoms. The summed E-state index contributed by atoms with van der Waals surface area (Å²) in [5.74, 6) is -1.68. The molecule has 114 valence electrons. The smallest absolute Gasteiger partial charge is 0.348 e. The molecule has 8 heteroatoms. The number of nitrogens with one attached hydrogen (secondary N) is 2. The number of ether oxygens (including phenoxy) is 1. The van der Waals surface area contributed by atoms with Crippen LogP contribution in [-0.4, -0.2) is 24.4 Å². The van der Waals surface area contributed by atoms with Crippen molar-refractivity contribution in [3.63, 3.8) is 0 Å². The fourth-order valence-corrected chi connectivity index (χ4v) is 2.31. The number of esters is 1. The third-order valence-electron chi connectivity index (χ3n) is 2.48. The van der Waals surface area contributed by atoms with Gasteiger partial charge in [-0.2, -0.15) is 0 Å². The number of halogens is 1. The van der Waals surface area contributed by atoms with Crippen LogP contribution < -0.4 is 10.9 Å². The molecule has 1 aromatic heterocycles. The minimum atomic E-state index is -0.629. The zero-order chi connectivity index (χ0) is 15.9. The Balaban J connectivity index is 1.74. The van der Waals surface area contributed by atoms with Crippen LogP contribution in [-0.2, 0) is 9.53 Å². The van der Waals surface area contributed by atoms with Crippen molar-refractivity contribution in [2.45, 2.75) is 0 Å². The van der Waals surface area contributed by atoms with E-state index in [0.717, 1.165) is 4.47 Å². The van der Waals surface area contributed by atoms with Gasteiger partial charge in [0.25, 0.3) is 11.8 Å². The Morgan fingerprint density at radius 2 is 1.82 bits per heavy atom. The van der Waals surface area contributed by atoms with Gasteiger partial charge in [0, 0.05) is 10.0 Å². The molecule has 0 saturated carbocycles. The fraction of sp³-hybridized carbons (Fsp3) is 0.0714. The highest BCUT2D eigenvalue weighted by molar-refractivity contribution is 9.10. The van der Waals surface area contributed by atoms with Crippen molar-refractivity contribution < 1.29 is 19.1 Å². The summed E-state index contributed by atoms with van der Waals surface area (Å²) in [7, 11) is 0. The topological polar surface area (TPSA) is 84.5 Å². The predicted molar refractivity (Wildman–Crippen MR) is 84.4 cm³/mol. The molecule has 2 rings (SSSR count). The lowest BCUT2D eigenvalue weighted by atomic mass is 10.2. The van der Waals surface area contributed by atoms with Crippen LogP contribution in [0.1, 0.15) is 20.0 Å². The first-order valence-corrected chi connectivity index (χ1v) is 7.79. The standard InChI is InChI=1S/C14H11BrN2O4S/c15-10-5-3-9(4-6-10)13(19)17-16-12(18)8-21-14(20)11-2-1-7-22-11/h1-7H,8H2,(H,16,18)(H,17,19). The second-order valence-corrected chi connectivity index (χ2v) is 5.93. The summed E-state index contributed by atoms with van der Waals surface area (Å²) < 4.78 is 5.65. The van der Waals surface area contributed by atoms with Crippen molar-refractivity contribution in [1.29, 1.82) is 0 Å². The molecule has 0 radical (unpaired) electrons. The molecule has 0 spiro atoms. The summed E-state index contributed by atoms with van der Waals surface area (Å²) in [6.07, 6.45) is 0. The SMILES string of the molecule is O=C(COC(=O)c1cccs1)NNC(=O)c1ccc(Br)cc1. The summed E-state index contributed by atoms with van der Waals surface area (Å²) in [5, 5.41) is 1.73. The molecule has 2 aromatic rings. The van der Waals surface area contributed by atoms with Gasteiger partial charge in [-0.15, -0.1) is 11.3 Å². The average molecular weight is 383 g/mol. The van der Waals surface area contributed by atoms with E-state index in [-0.39, 0.29) is 0 Å². The van der Waals surface area contributed by atoms with E-state index in [1.54, 1.807) is 41.8 Å². The van der Waals surface area contributed by atoms with Crippen molar-refractivity contribution in [2.24, 2.45) is 0 Å². The number of amides is 2. The maximum Gasteiger partial charge on any atom is 0.348 e. The molecule has 1 heterocycles. The molecule has 0 unspecified atom stereocenters. The number of hydrogen-bond acceptors (Lipinski definition) is 5. The Hall–Kier alpha value is -2.19. The van der Waals surface area contributed by atoms with Gasteiger partial charge in [-0.05, 0) is 35.7 Å². The van der Waals surface area contributed by atoms with E-state index >= 15 is 0 Å². The highest BCUT2D eigenvalue weighted by Gasteiger charge is 2.12. The Bertz CT molecular complexity index is 671. The number of thiophene rings is 1. The van der Waals surface area contributed by atoms with Crippen molar-refractivity contribution in [1.82, 2.24) is 10.9 Å². The maximum atomic E-state index is 11.7. The van der Waals surface area contributed by atoms with Gasteiger partial charge in [-0.1, -0.05) is 22.0 Å². The van der Waals surface area contributed by atoms with Crippen LogP contribution in [0.3, 0.4) is 0 Å². The van der Waals surface area contributed by atoms with Crippen molar-refractivity contribution in [3.05, 3.63) is 56.7 Å². The molecular weight excluding hydrogens is 372 g/mol. The third-order valence-corrected chi connectivity index (χ3v) is 3.86. The molecule has 6 nitrogen and oxygen atoms in total. The van der Waals surface area contributed by atoms with Crippen LogP contribution in [0.25, 0.3) is 0 Å². The Morgan fingerprint density at radius 3 is 2.45 bits per heavy atom. The van der Waals surface area contributed by atoms with E-state index in [9.17, 15) is 14.4 Å². The van der Waals surface area contributed by atoms with Gasteiger partial charge >= 0.3 is 5.97 Å². The van der Waals surface area contributed by atoms with Crippen LogP contribution in [0, 0.1) is 0 Å². The summed E-state index contributed by atoms with van der Waals surface area (Å²) >= 11 is 4.48. The van der Waals surface area contributed by atoms with Gasteiger partial charge in [0.1, 0.15) is 4.88 Å². The summed E-state index contributed by atoms with van der Waals surface area (Å²) in [6, 6.07) is 9.92. The Kier molecular flexibility index (Phi) is 5.68. The van der Waals surface area contributed by atoms with Crippen LogP contribution in [0.2, 0.25) is 0 Å². The lowest BCUT2D eigenvalue weighted by Gasteiger charge is -2.07. The molecule has 2 N–H and O–H groups in total. The number of hydrogen-bond donors (Lipinski definition) is 2. The van der Waals surface area contributed by atoms with Gasteiger partial charge in [-0.3, -0.25) is 20.4 Å². The van der Waals surface area contributed by atoms with Gasteiger partial charge in [0.2, 0.25) is 0 Å². The quantitative estimate of drug-likeness (QED) is 0.626. The molecule has 0 saturated heterocycles. The molecule has 22 heavy (non-hydrogen) atoms. The molecule has 2 amide bonds. The molecule has 0 atom stereocenters. The summed E-state index contributed by atoms with van der Waals surface area (Å²) in [4.78, 5) is 35.2. The molecule has 1 aromatic carbocycles. The number of benzene rings is 1. The first-order valence-electron chi connectivity index (χ1n) is 6.11. The molecular formula is C14H11BrN2O4S. The first-order chi connectivity index (χ1) is 10.6. The fourth-order valence-electron chi connectivity index (χ4n) is 1.43. The zero-order valence-electron chi connectivity index (χ0n) is 11.2. The Morgan fingerprint density at radius 1 is 1.09 bits per heavy atom. The van der Waals surface area contributed by atoms with E-state index in [1.807, 2.05) is 0 Å². The largest absolute Gasteiger partial charge is 0.451 e. The van der Waals surface area contributed by atoms with Crippen LogP contribution in [0.4, 0.5) is 0 Å². The maximum absolute atomic E-state index is 11.7. The minimum Gasteiger partial charge on any atom is -0.451 e. The molecule has 0 fully saturated rings. The van der Waals surface area contributed by atoms with Crippen molar-refractivity contribution >= 4 is 45.1 Å². The first kappa shape index (κ1) is 16.2. The summed E-state index contributed by atoms with van der Waals surface area (Å²) in [6.45, 7) is -0.475. The summed E-state index contributed by atoms with van der Waals surface area (Å²) in [5.41, 5.74) is 4.79. The van der Waals surface area contributed by atoms with Crippen LogP contribution in [0.5, 0.6) is 0 Å². The van der Waals surface area contributed by atoms with E-state index in [0.29, 0.717) is 10.4 Å². The van der Waals surface area contributed by atoms with Gasteiger partial charge in [-0.25, -0.2) is 4.79 Å². The zero-order valence-corrected chi connectivity index (χ0v) is 13.6. The lowest BCUT2D eigenvalue weighted by molar-refractivity contribution is -0.125. The Labute approximate surface area is 138 Å². The second kappa shape index (κ2) is 7.71. The molecule has 0 aliphatic rings. The lowest BCUT2D eigenvalue weighted by Crippen LogP contribution is -2.43. The monoisotopic (exact) mass is 382 g/mol. The number of rotatable bonds is 4. The predicted octanol–water partition coefficient (Wildman–Crippen LogP) is 2.13. The average Bonchev–Trinajstić information content (AvgIpc) is 3.05. The van der Waals surface area contributed by atoms with Gasteiger partial charge in [0.15, 0.2) is 6.61 Å². The normalized spacial score (nSPS) is 9.86. The minimum absolute atomic E-state index is 0.388. The highest BCUT2D eigenvalue weighted by Crippen LogP contribution is 2.10. The highest BCUT2D eigenvalue weighted by atomic mass is 79.9. The second-order valence-electron chi connectivity index (χ2n) is 4.06. The van der Waals surface area contributed by atoms with Crippen molar-refractivity contribution in [2.75, 3.05) is 6.61 Å². The number of carbonyl (C=O) groups is 3. The van der Waals surface area contributed by atoms with Crippen LogP contribution in [0.15, 0.2) is 46.3 Å². The van der Waals surface area contributed by atoms with Crippen molar-refractivity contribution in [3.8, 4) is 0 Å².